The van der Waals surface area contributed by atoms with Gasteiger partial charge in [0.15, 0.2) is 5.82 Å². The van der Waals surface area contributed by atoms with Gasteiger partial charge in [-0.05, 0) is 73.7 Å². The number of nitrogens with one attached hydrogen (secondary N) is 1. The largest absolute Gasteiger partial charge is 0.461 e. The number of aromatic nitrogens is 3. The van der Waals surface area contributed by atoms with Gasteiger partial charge >= 0.3 is 12.1 Å². The van der Waals surface area contributed by atoms with Crippen molar-refractivity contribution < 1.29 is 41.4 Å². The normalized spacial score (nSPS) is 26.6. The molecule has 7 heterocycles. The summed E-state index contributed by atoms with van der Waals surface area (Å²) < 4.78 is 79.6. The number of hydrogen-bond acceptors (Lipinski definition) is 10. The number of piperidine rings is 1. The van der Waals surface area contributed by atoms with E-state index in [-0.39, 0.29) is 104 Å². The van der Waals surface area contributed by atoms with Crippen LogP contribution in [0.4, 0.5) is 28.2 Å². The van der Waals surface area contributed by atoms with E-state index in [0.717, 1.165) is 19.4 Å². The van der Waals surface area contributed by atoms with Gasteiger partial charge < -0.3 is 24.4 Å². The number of anilines is 1. The number of hydrogen-bond donors (Lipinski definition) is 1. The Balaban J connectivity index is 1.33. The fourth-order valence-electron chi connectivity index (χ4n) is 8.50. The van der Waals surface area contributed by atoms with Crippen LogP contribution in [0.2, 0.25) is 0 Å². The predicted octanol–water partition coefficient (Wildman–Crippen LogP) is 5.59. The zero-order valence-electron chi connectivity index (χ0n) is 27.9. The van der Waals surface area contributed by atoms with Crippen LogP contribution < -0.4 is 19.7 Å². The van der Waals surface area contributed by atoms with Crippen molar-refractivity contribution >= 4 is 40.1 Å². The monoisotopic (exact) mass is 708 g/mol. The number of ether oxygens (including phenoxy) is 3. The van der Waals surface area contributed by atoms with Crippen LogP contribution in [0, 0.1) is 11.6 Å². The lowest BCUT2D eigenvalue weighted by molar-refractivity contribution is -0.120. The van der Waals surface area contributed by atoms with Gasteiger partial charge in [-0.3, -0.25) is 14.7 Å². The lowest BCUT2D eigenvalue weighted by Crippen LogP contribution is -2.60. The molecule has 268 valence electrons. The second kappa shape index (κ2) is 12.8. The maximum Gasteiger partial charge on any atom is 0.407 e. The predicted molar refractivity (Wildman–Crippen MR) is 178 cm³/mol. The maximum atomic E-state index is 17.1. The molecule has 15 heteroatoms. The van der Waals surface area contributed by atoms with E-state index < -0.39 is 41.1 Å². The standard InChI is InChI=1S/C36H36F4N6O5/c1-35-12-21(37)15-45(17-35)32-26-14-41-30(29(40)31(26)42-33(43-32)50-18-36-7-3-8-46(36)16-22(38)13-36)25-11-23(51-19-47)10-20-5-6-27(39)24(28(20)25)4-2-9-49-34(48)44-35/h5-6,10-11,14,19,21-22H,2-4,7-9,12-13,15-18H2,1H3,(H,44,48)/t21-,22-,35-,36+/m1/s1. The van der Waals surface area contributed by atoms with Gasteiger partial charge in [-0.1, -0.05) is 6.07 Å². The molecule has 0 saturated carbocycles. The third-order valence-electron chi connectivity index (χ3n) is 10.6. The Morgan fingerprint density at radius 3 is 2.80 bits per heavy atom. The molecule has 5 aliphatic rings. The zero-order chi connectivity index (χ0) is 35.5. The van der Waals surface area contributed by atoms with E-state index in [9.17, 15) is 14.0 Å². The Labute approximate surface area is 290 Å². The fraction of sp³-hybridized carbons (Fsp3) is 0.472. The topological polar surface area (TPSA) is 119 Å². The number of fused-ring (bicyclic) bond motifs is 7. The van der Waals surface area contributed by atoms with Crippen molar-refractivity contribution in [2.45, 2.75) is 68.9 Å². The smallest absolute Gasteiger partial charge is 0.407 e. The van der Waals surface area contributed by atoms with E-state index in [1.165, 1.54) is 30.5 Å². The number of alkyl carbamates (subject to hydrolysis) is 1. The molecule has 0 radical (unpaired) electrons. The molecule has 1 amide bonds. The van der Waals surface area contributed by atoms with Gasteiger partial charge in [-0.25, -0.2) is 22.4 Å². The van der Waals surface area contributed by atoms with Crippen LogP contribution in [0.15, 0.2) is 30.5 Å². The van der Waals surface area contributed by atoms with Crippen LogP contribution >= 0.6 is 0 Å². The first kappa shape index (κ1) is 33.4. The minimum absolute atomic E-state index is 0.0157. The van der Waals surface area contributed by atoms with Crippen LogP contribution in [0.1, 0.15) is 44.6 Å². The number of nitrogens with zero attached hydrogens (tertiary/aromatic N) is 5. The number of carbonyl (C=O) groups is 2. The second-order valence-corrected chi connectivity index (χ2v) is 14.3. The Hall–Kier alpha value is -4.79. The molecule has 4 atom stereocenters. The summed E-state index contributed by atoms with van der Waals surface area (Å²) in [5.41, 5.74) is -1.70. The Morgan fingerprint density at radius 1 is 1.12 bits per heavy atom. The van der Waals surface area contributed by atoms with Gasteiger partial charge in [0.05, 0.1) is 29.6 Å². The molecule has 4 aromatic rings. The van der Waals surface area contributed by atoms with Gasteiger partial charge in [0, 0.05) is 37.7 Å². The highest BCUT2D eigenvalue weighted by atomic mass is 19.1. The first-order chi connectivity index (χ1) is 24.5. The Kier molecular flexibility index (Phi) is 8.35. The van der Waals surface area contributed by atoms with E-state index in [1.807, 2.05) is 0 Å². The minimum atomic E-state index is -1.41. The van der Waals surface area contributed by atoms with Crippen molar-refractivity contribution in [1.29, 1.82) is 0 Å². The number of halogens is 4. The fourth-order valence-corrected chi connectivity index (χ4v) is 8.50. The van der Waals surface area contributed by atoms with Gasteiger partial charge in [-0.15, -0.1) is 0 Å². The average Bonchev–Trinajstić information content (AvgIpc) is 3.61. The molecular formula is C36H36F4N6O5. The lowest BCUT2D eigenvalue weighted by Gasteiger charge is -2.42. The highest BCUT2D eigenvalue weighted by Gasteiger charge is 2.49. The summed E-state index contributed by atoms with van der Waals surface area (Å²) >= 11 is 0. The third kappa shape index (κ3) is 6.04. The van der Waals surface area contributed by atoms with E-state index in [4.69, 9.17) is 14.2 Å². The molecule has 2 aromatic carbocycles. The van der Waals surface area contributed by atoms with Crippen LogP contribution in [-0.2, 0) is 16.0 Å². The summed E-state index contributed by atoms with van der Waals surface area (Å²) in [6.45, 7) is 2.91. The van der Waals surface area contributed by atoms with E-state index in [2.05, 4.69) is 25.2 Å². The molecule has 6 bridgehead atoms. The number of pyridine rings is 1. The van der Waals surface area contributed by atoms with Crippen molar-refractivity contribution in [3.63, 3.8) is 0 Å². The maximum absolute atomic E-state index is 17.1. The number of alkyl halides is 2. The summed E-state index contributed by atoms with van der Waals surface area (Å²) in [4.78, 5) is 41.7. The van der Waals surface area contributed by atoms with Gasteiger partial charge in [-0.2, -0.15) is 9.97 Å². The van der Waals surface area contributed by atoms with Crippen LogP contribution in [0.25, 0.3) is 32.9 Å². The van der Waals surface area contributed by atoms with E-state index in [0.29, 0.717) is 17.3 Å². The summed E-state index contributed by atoms with van der Waals surface area (Å²) in [6, 6.07) is 5.50. The Morgan fingerprint density at radius 2 is 1.96 bits per heavy atom. The number of aryl methyl sites for hydroxylation is 1. The number of carbonyl (C=O) groups excluding carboxylic acids is 2. The molecule has 0 spiro atoms. The van der Waals surface area contributed by atoms with E-state index >= 15 is 13.2 Å². The van der Waals surface area contributed by atoms with Crippen molar-refractivity contribution in [1.82, 2.24) is 25.2 Å². The lowest BCUT2D eigenvalue weighted by atomic mass is 9.90. The van der Waals surface area contributed by atoms with Crippen LogP contribution in [0.5, 0.6) is 11.8 Å². The summed E-state index contributed by atoms with van der Waals surface area (Å²) in [5.74, 6) is -1.24. The molecule has 3 saturated heterocycles. The summed E-state index contributed by atoms with van der Waals surface area (Å²) in [5, 5.41) is 3.72. The van der Waals surface area contributed by atoms with Crippen LogP contribution in [-0.4, -0.2) is 95.2 Å². The number of rotatable bonds is 5. The van der Waals surface area contributed by atoms with Gasteiger partial charge in [0.1, 0.15) is 47.5 Å². The van der Waals surface area contributed by atoms with Crippen molar-refractivity contribution in [2.24, 2.45) is 0 Å². The van der Waals surface area contributed by atoms with E-state index in [1.54, 1.807) is 11.8 Å². The molecule has 51 heavy (non-hydrogen) atoms. The molecule has 3 fully saturated rings. The summed E-state index contributed by atoms with van der Waals surface area (Å²) in [6.07, 6.45) is 0.391. The van der Waals surface area contributed by atoms with Crippen molar-refractivity contribution in [3.8, 4) is 23.0 Å². The molecule has 1 N–H and O–H groups in total. The molecule has 9 rings (SSSR count). The number of amides is 1. The SMILES string of the molecule is C[C@@]12C[C@@H](F)CN(C1)c1nc(OC[C@@]34CCCN3C[C@H](F)C4)nc3c(F)c(ncc13)-c1cc(OC=O)cc3ccc(F)c(c13)CCCOC(=O)N2. The van der Waals surface area contributed by atoms with Crippen LogP contribution in [0.3, 0.4) is 0 Å². The molecule has 11 nitrogen and oxygen atoms in total. The molecule has 5 aliphatic heterocycles. The quantitative estimate of drug-likeness (QED) is 0.208. The second-order valence-electron chi connectivity index (χ2n) is 14.3. The summed E-state index contributed by atoms with van der Waals surface area (Å²) in [7, 11) is 0. The zero-order valence-corrected chi connectivity index (χ0v) is 27.9. The molecular weight excluding hydrogens is 672 g/mol. The minimum Gasteiger partial charge on any atom is -0.461 e. The molecule has 0 aliphatic carbocycles. The third-order valence-corrected chi connectivity index (χ3v) is 10.6. The highest BCUT2D eigenvalue weighted by molar-refractivity contribution is 6.02. The highest BCUT2D eigenvalue weighted by Crippen LogP contribution is 2.42. The van der Waals surface area contributed by atoms with Gasteiger partial charge in [0.2, 0.25) is 0 Å². The average molecular weight is 709 g/mol. The molecule has 0 unspecified atom stereocenters. The number of benzene rings is 2. The van der Waals surface area contributed by atoms with Crippen molar-refractivity contribution in [2.75, 3.05) is 44.3 Å². The van der Waals surface area contributed by atoms with Crippen molar-refractivity contribution in [3.05, 3.63) is 47.7 Å². The van der Waals surface area contributed by atoms with Gasteiger partial charge in [0.25, 0.3) is 6.47 Å². The first-order valence-corrected chi connectivity index (χ1v) is 17.1. The Bertz CT molecular complexity index is 2060. The molecule has 2 aromatic heterocycles. The first-order valence-electron chi connectivity index (χ1n) is 17.1.